The summed E-state index contributed by atoms with van der Waals surface area (Å²) >= 11 is 5.60. The summed E-state index contributed by atoms with van der Waals surface area (Å²) in [6.45, 7) is 3.24. The lowest BCUT2D eigenvalue weighted by Gasteiger charge is -2.05. The molecule has 1 amide bonds. The Morgan fingerprint density at radius 1 is 1.47 bits per heavy atom. The van der Waals surface area contributed by atoms with E-state index in [9.17, 15) is 4.79 Å². The average Bonchev–Trinajstić information content (AvgIpc) is 2.77. The summed E-state index contributed by atoms with van der Waals surface area (Å²) in [4.78, 5) is 12.1. The Labute approximate surface area is 133 Å². The number of rotatable bonds is 4. The van der Waals surface area contributed by atoms with Gasteiger partial charge in [0.25, 0.3) is 5.91 Å². The van der Waals surface area contributed by atoms with Gasteiger partial charge >= 0.3 is 0 Å². The molecular formula is C13H13BrIN3O. The van der Waals surface area contributed by atoms with Crippen molar-refractivity contribution >= 4 is 44.4 Å². The van der Waals surface area contributed by atoms with Crippen LogP contribution in [0, 0.1) is 3.57 Å². The number of aryl methyl sites for hydroxylation is 1. The molecular weight excluding hydrogens is 421 g/mol. The van der Waals surface area contributed by atoms with Crippen molar-refractivity contribution in [1.82, 2.24) is 15.1 Å². The second-order valence-electron chi connectivity index (χ2n) is 3.94. The van der Waals surface area contributed by atoms with E-state index < -0.39 is 0 Å². The van der Waals surface area contributed by atoms with Crippen LogP contribution in [-0.2, 0) is 13.1 Å². The number of aromatic nitrogens is 2. The zero-order chi connectivity index (χ0) is 13.8. The highest BCUT2D eigenvalue weighted by atomic mass is 127. The summed E-state index contributed by atoms with van der Waals surface area (Å²) in [7, 11) is 0. The normalized spacial score (nSPS) is 10.5. The van der Waals surface area contributed by atoms with Crippen LogP contribution in [-0.4, -0.2) is 15.7 Å². The van der Waals surface area contributed by atoms with Gasteiger partial charge in [0.15, 0.2) is 0 Å². The topological polar surface area (TPSA) is 46.9 Å². The van der Waals surface area contributed by atoms with E-state index in [1.54, 1.807) is 0 Å². The van der Waals surface area contributed by atoms with Gasteiger partial charge in [-0.2, -0.15) is 5.10 Å². The minimum absolute atomic E-state index is 0.0806. The molecule has 1 heterocycles. The Hall–Kier alpha value is -0.890. The van der Waals surface area contributed by atoms with Crippen molar-refractivity contribution in [1.29, 1.82) is 0 Å². The third-order valence-corrected chi connectivity index (χ3v) is 4.25. The number of nitrogens with zero attached hydrogens (tertiary/aromatic N) is 2. The third kappa shape index (κ3) is 3.56. The number of amides is 1. The summed E-state index contributed by atoms with van der Waals surface area (Å²) in [6, 6.07) is 7.50. The molecule has 0 saturated carbocycles. The molecule has 0 fully saturated rings. The maximum absolute atomic E-state index is 12.1. The van der Waals surface area contributed by atoms with Crippen LogP contribution < -0.4 is 5.32 Å². The van der Waals surface area contributed by atoms with Gasteiger partial charge in [0.1, 0.15) is 0 Å². The Morgan fingerprint density at radius 3 is 2.84 bits per heavy atom. The van der Waals surface area contributed by atoms with E-state index in [1.165, 1.54) is 0 Å². The van der Waals surface area contributed by atoms with Crippen molar-refractivity contribution in [2.45, 2.75) is 20.0 Å². The molecule has 2 rings (SSSR count). The molecule has 100 valence electrons. The minimum atomic E-state index is -0.0806. The predicted octanol–water partition coefficient (Wildman–Crippen LogP) is 3.20. The monoisotopic (exact) mass is 433 g/mol. The highest BCUT2D eigenvalue weighted by molar-refractivity contribution is 14.1. The van der Waals surface area contributed by atoms with E-state index in [-0.39, 0.29) is 5.91 Å². The number of nitrogens with one attached hydrogen (secondary N) is 1. The first-order chi connectivity index (χ1) is 9.11. The molecule has 19 heavy (non-hydrogen) atoms. The van der Waals surface area contributed by atoms with Gasteiger partial charge in [-0.25, -0.2) is 0 Å². The molecule has 4 nitrogen and oxygen atoms in total. The molecule has 0 saturated heterocycles. The lowest BCUT2D eigenvalue weighted by atomic mass is 10.2. The summed E-state index contributed by atoms with van der Waals surface area (Å²) in [6.07, 6.45) is 1.91. The largest absolute Gasteiger partial charge is 0.346 e. The molecule has 6 heteroatoms. The van der Waals surface area contributed by atoms with Crippen LogP contribution >= 0.6 is 38.5 Å². The molecule has 0 bridgehead atoms. The molecule has 0 aliphatic rings. The van der Waals surface area contributed by atoms with Gasteiger partial charge in [0, 0.05) is 16.3 Å². The van der Waals surface area contributed by atoms with Gasteiger partial charge in [0.05, 0.1) is 22.3 Å². The van der Waals surface area contributed by atoms with Gasteiger partial charge in [-0.3, -0.25) is 9.48 Å². The van der Waals surface area contributed by atoms with Crippen LogP contribution in [0.5, 0.6) is 0 Å². The van der Waals surface area contributed by atoms with Gasteiger partial charge in [0.2, 0.25) is 0 Å². The Bertz CT molecular complexity index is 597. The highest BCUT2D eigenvalue weighted by Crippen LogP contribution is 2.15. The molecule has 0 aliphatic carbocycles. The average molecular weight is 434 g/mol. The van der Waals surface area contributed by atoms with Crippen LogP contribution in [0.15, 0.2) is 34.9 Å². The lowest BCUT2D eigenvalue weighted by Crippen LogP contribution is -2.24. The fourth-order valence-electron chi connectivity index (χ4n) is 1.62. The van der Waals surface area contributed by atoms with E-state index in [2.05, 4.69) is 48.9 Å². The van der Waals surface area contributed by atoms with Crippen LogP contribution in [0.2, 0.25) is 0 Å². The molecule has 2 aromatic rings. The molecule has 0 aliphatic heterocycles. The minimum Gasteiger partial charge on any atom is -0.346 e. The maximum atomic E-state index is 12.1. The lowest BCUT2D eigenvalue weighted by molar-refractivity contribution is 0.0949. The number of hydrogen-bond donors (Lipinski definition) is 1. The van der Waals surface area contributed by atoms with Crippen molar-refractivity contribution in [3.63, 3.8) is 0 Å². The van der Waals surface area contributed by atoms with E-state index in [0.29, 0.717) is 12.1 Å². The number of carbonyl (C=O) groups excluding carboxylic acids is 1. The van der Waals surface area contributed by atoms with E-state index in [4.69, 9.17) is 0 Å². The molecule has 0 atom stereocenters. The van der Waals surface area contributed by atoms with E-state index in [1.807, 2.05) is 42.1 Å². The first kappa shape index (κ1) is 14.5. The summed E-state index contributed by atoms with van der Waals surface area (Å²) < 4.78 is 3.69. The third-order valence-electron chi connectivity index (χ3n) is 2.65. The zero-order valence-electron chi connectivity index (χ0n) is 10.4. The molecule has 1 N–H and O–H groups in total. The van der Waals surface area contributed by atoms with Crippen molar-refractivity contribution < 1.29 is 4.79 Å². The van der Waals surface area contributed by atoms with Crippen LogP contribution in [0.4, 0.5) is 0 Å². The number of halogens is 2. The van der Waals surface area contributed by atoms with Crippen molar-refractivity contribution in [3.8, 4) is 0 Å². The molecule has 0 radical (unpaired) electrons. The second-order valence-corrected chi connectivity index (χ2v) is 5.96. The van der Waals surface area contributed by atoms with Crippen LogP contribution in [0.3, 0.4) is 0 Å². The molecule has 0 spiro atoms. The van der Waals surface area contributed by atoms with Gasteiger partial charge in [-0.05, 0) is 57.6 Å². The van der Waals surface area contributed by atoms with E-state index >= 15 is 0 Å². The number of benzene rings is 1. The Kier molecular flexibility index (Phi) is 4.98. The maximum Gasteiger partial charge on any atom is 0.252 e. The second kappa shape index (κ2) is 6.51. The fourth-order valence-corrected chi connectivity index (χ4v) is 2.71. The molecule has 0 unspecified atom stereocenters. The Morgan fingerprint density at radius 2 is 2.21 bits per heavy atom. The Balaban J connectivity index is 2.04. The first-order valence-corrected chi connectivity index (χ1v) is 7.73. The quantitative estimate of drug-likeness (QED) is 0.752. The van der Waals surface area contributed by atoms with Gasteiger partial charge in [-0.1, -0.05) is 12.1 Å². The van der Waals surface area contributed by atoms with E-state index in [0.717, 1.165) is 20.3 Å². The highest BCUT2D eigenvalue weighted by Gasteiger charge is 2.11. The van der Waals surface area contributed by atoms with Crippen LogP contribution in [0.25, 0.3) is 0 Å². The molecule has 1 aromatic carbocycles. The summed E-state index contributed by atoms with van der Waals surface area (Å²) in [5.41, 5.74) is 1.52. The van der Waals surface area contributed by atoms with Crippen LogP contribution in [0.1, 0.15) is 23.0 Å². The zero-order valence-corrected chi connectivity index (χ0v) is 14.1. The van der Waals surface area contributed by atoms with Crippen molar-refractivity contribution in [2.24, 2.45) is 0 Å². The fraction of sp³-hybridized carbons (Fsp3) is 0.231. The van der Waals surface area contributed by atoms with Crippen molar-refractivity contribution in [3.05, 3.63) is 49.8 Å². The smallest absolute Gasteiger partial charge is 0.252 e. The number of hydrogen-bond acceptors (Lipinski definition) is 2. The van der Waals surface area contributed by atoms with Gasteiger partial charge < -0.3 is 5.32 Å². The SMILES string of the molecule is CCn1cc(Br)c(CNC(=O)c2ccccc2I)n1. The first-order valence-electron chi connectivity index (χ1n) is 5.86. The summed E-state index contributed by atoms with van der Waals surface area (Å²) in [5, 5.41) is 7.25. The van der Waals surface area contributed by atoms with Gasteiger partial charge in [-0.15, -0.1) is 0 Å². The summed E-state index contributed by atoms with van der Waals surface area (Å²) in [5.74, 6) is -0.0806. The number of carbonyl (C=O) groups is 1. The van der Waals surface area contributed by atoms with Crippen molar-refractivity contribution in [2.75, 3.05) is 0 Å². The predicted molar refractivity (Wildman–Crippen MR) is 85.9 cm³/mol. The standard InChI is InChI=1S/C13H13BrIN3O/c1-2-18-8-10(14)12(17-18)7-16-13(19)9-5-3-4-6-11(9)15/h3-6,8H,2,7H2,1H3,(H,16,19). The molecule has 1 aromatic heterocycles.